The predicted octanol–water partition coefficient (Wildman–Crippen LogP) is 4.34. The van der Waals surface area contributed by atoms with Crippen LogP contribution >= 0.6 is 0 Å². The van der Waals surface area contributed by atoms with E-state index in [-0.39, 0.29) is 5.78 Å². The molecule has 0 saturated carbocycles. The fraction of sp³-hybridized carbons (Fsp3) is 0.435. The molecule has 2 unspecified atom stereocenters. The first kappa shape index (κ1) is 20.3. The van der Waals surface area contributed by atoms with Crippen molar-refractivity contribution in [1.82, 2.24) is 10.2 Å². The maximum atomic E-state index is 12.6. The van der Waals surface area contributed by atoms with Crippen LogP contribution in [0.15, 0.2) is 54.6 Å². The Hall–Kier alpha value is -1.97. The molecule has 0 aliphatic carbocycles. The van der Waals surface area contributed by atoms with Gasteiger partial charge < -0.3 is 10.2 Å². The Morgan fingerprint density at radius 2 is 1.69 bits per heavy atom. The SMILES string of the molecule is CC(CCCN(C)C)NCC(C)c1cccc(C(=O)c2ccccc2)c1. The number of hydrogen-bond acceptors (Lipinski definition) is 3. The Bertz CT molecular complexity index is 682. The highest BCUT2D eigenvalue weighted by atomic mass is 16.1. The van der Waals surface area contributed by atoms with Crippen molar-refractivity contribution in [2.45, 2.75) is 38.6 Å². The van der Waals surface area contributed by atoms with E-state index >= 15 is 0 Å². The highest BCUT2D eigenvalue weighted by Crippen LogP contribution is 2.18. The molecule has 2 rings (SSSR count). The van der Waals surface area contributed by atoms with Crippen LogP contribution in [0.3, 0.4) is 0 Å². The lowest BCUT2D eigenvalue weighted by molar-refractivity contribution is 0.103. The monoisotopic (exact) mass is 352 g/mol. The first-order chi connectivity index (χ1) is 12.5. The van der Waals surface area contributed by atoms with Crippen LogP contribution in [-0.4, -0.2) is 43.9 Å². The summed E-state index contributed by atoms with van der Waals surface area (Å²) in [6.07, 6.45) is 2.38. The maximum Gasteiger partial charge on any atom is 0.193 e. The van der Waals surface area contributed by atoms with Crippen LogP contribution in [0.2, 0.25) is 0 Å². The summed E-state index contributed by atoms with van der Waals surface area (Å²) in [5, 5.41) is 3.63. The van der Waals surface area contributed by atoms with Crippen molar-refractivity contribution in [2.24, 2.45) is 0 Å². The Morgan fingerprint density at radius 1 is 1.00 bits per heavy atom. The zero-order valence-electron chi connectivity index (χ0n) is 16.5. The summed E-state index contributed by atoms with van der Waals surface area (Å²) in [6.45, 7) is 6.51. The van der Waals surface area contributed by atoms with E-state index in [9.17, 15) is 4.79 Å². The number of nitrogens with one attached hydrogen (secondary N) is 1. The molecule has 140 valence electrons. The molecule has 2 atom stereocenters. The molecule has 0 amide bonds. The number of carbonyl (C=O) groups is 1. The molecule has 0 aromatic heterocycles. The van der Waals surface area contributed by atoms with Crippen molar-refractivity contribution in [2.75, 3.05) is 27.2 Å². The Kier molecular flexibility index (Phi) is 8.02. The van der Waals surface area contributed by atoms with Gasteiger partial charge in [0.2, 0.25) is 0 Å². The van der Waals surface area contributed by atoms with E-state index in [2.05, 4.69) is 44.2 Å². The fourth-order valence-electron chi connectivity index (χ4n) is 3.05. The quantitative estimate of drug-likeness (QED) is 0.646. The van der Waals surface area contributed by atoms with E-state index in [0.29, 0.717) is 12.0 Å². The maximum absolute atomic E-state index is 12.6. The lowest BCUT2D eigenvalue weighted by Crippen LogP contribution is -2.30. The van der Waals surface area contributed by atoms with E-state index in [4.69, 9.17) is 0 Å². The van der Waals surface area contributed by atoms with Crippen molar-refractivity contribution < 1.29 is 4.79 Å². The molecule has 3 heteroatoms. The van der Waals surface area contributed by atoms with Gasteiger partial charge in [-0.3, -0.25) is 4.79 Å². The molecule has 0 fully saturated rings. The lowest BCUT2D eigenvalue weighted by atomic mass is 9.95. The van der Waals surface area contributed by atoms with Crippen molar-refractivity contribution in [3.8, 4) is 0 Å². The number of rotatable bonds is 10. The molecule has 0 heterocycles. The molecule has 1 N–H and O–H groups in total. The highest BCUT2D eigenvalue weighted by Gasteiger charge is 2.12. The van der Waals surface area contributed by atoms with Gasteiger partial charge in [-0.05, 0) is 58.0 Å². The Labute approximate surface area is 158 Å². The third-order valence-electron chi connectivity index (χ3n) is 4.77. The van der Waals surface area contributed by atoms with Crippen LogP contribution in [-0.2, 0) is 0 Å². The molecule has 0 aliphatic rings. The second kappa shape index (κ2) is 10.2. The number of nitrogens with zero attached hydrogens (tertiary/aromatic N) is 1. The minimum atomic E-state index is 0.0877. The van der Waals surface area contributed by atoms with Gasteiger partial charge in [0.15, 0.2) is 5.78 Å². The van der Waals surface area contributed by atoms with Gasteiger partial charge in [-0.2, -0.15) is 0 Å². The average molecular weight is 353 g/mol. The van der Waals surface area contributed by atoms with Gasteiger partial charge in [-0.1, -0.05) is 55.5 Å². The standard InChI is InChI=1S/C23H32N2O/c1-18(17-24-19(2)10-9-15-25(3)4)21-13-8-14-22(16-21)23(26)20-11-6-5-7-12-20/h5-8,11-14,16,18-19,24H,9-10,15,17H2,1-4H3. The van der Waals surface area contributed by atoms with Gasteiger partial charge in [0, 0.05) is 23.7 Å². The van der Waals surface area contributed by atoms with Crippen molar-refractivity contribution in [3.05, 3.63) is 71.3 Å². The summed E-state index contributed by atoms with van der Waals surface area (Å²) in [7, 11) is 4.23. The highest BCUT2D eigenvalue weighted by molar-refractivity contribution is 6.09. The van der Waals surface area contributed by atoms with E-state index in [1.165, 1.54) is 18.4 Å². The van der Waals surface area contributed by atoms with Crippen molar-refractivity contribution >= 4 is 5.78 Å². The second-order valence-corrected chi connectivity index (χ2v) is 7.48. The number of ketones is 1. The van der Waals surface area contributed by atoms with Crippen LogP contribution in [0.5, 0.6) is 0 Å². The fourth-order valence-corrected chi connectivity index (χ4v) is 3.05. The van der Waals surface area contributed by atoms with E-state index in [1.807, 2.05) is 48.5 Å². The van der Waals surface area contributed by atoms with Crippen LogP contribution in [0, 0.1) is 0 Å². The molecule has 0 spiro atoms. The number of carbonyl (C=O) groups excluding carboxylic acids is 1. The van der Waals surface area contributed by atoms with Gasteiger partial charge >= 0.3 is 0 Å². The molecule has 2 aromatic carbocycles. The average Bonchev–Trinajstić information content (AvgIpc) is 2.66. The molecule has 26 heavy (non-hydrogen) atoms. The Balaban J connectivity index is 1.91. The van der Waals surface area contributed by atoms with Crippen molar-refractivity contribution in [1.29, 1.82) is 0 Å². The molecule has 0 radical (unpaired) electrons. The van der Waals surface area contributed by atoms with Crippen LogP contribution in [0.4, 0.5) is 0 Å². The largest absolute Gasteiger partial charge is 0.314 e. The summed E-state index contributed by atoms with van der Waals surface area (Å²) >= 11 is 0. The van der Waals surface area contributed by atoms with Crippen molar-refractivity contribution in [3.63, 3.8) is 0 Å². The van der Waals surface area contributed by atoms with E-state index in [1.54, 1.807) is 0 Å². The summed E-state index contributed by atoms with van der Waals surface area (Å²) in [5.41, 5.74) is 2.71. The van der Waals surface area contributed by atoms with Crippen LogP contribution in [0.25, 0.3) is 0 Å². The minimum absolute atomic E-state index is 0.0877. The molecule has 0 bridgehead atoms. The molecule has 0 saturated heterocycles. The van der Waals surface area contributed by atoms with E-state index < -0.39 is 0 Å². The smallest absolute Gasteiger partial charge is 0.193 e. The first-order valence-electron chi connectivity index (χ1n) is 9.55. The molecular weight excluding hydrogens is 320 g/mol. The zero-order valence-corrected chi connectivity index (χ0v) is 16.5. The molecular formula is C23H32N2O. The van der Waals surface area contributed by atoms with Crippen LogP contribution < -0.4 is 5.32 Å². The molecule has 3 nitrogen and oxygen atoms in total. The van der Waals surface area contributed by atoms with Gasteiger partial charge in [-0.15, -0.1) is 0 Å². The number of benzene rings is 2. The van der Waals surface area contributed by atoms with Crippen LogP contribution in [0.1, 0.15) is 54.1 Å². The zero-order chi connectivity index (χ0) is 18.9. The van der Waals surface area contributed by atoms with Gasteiger partial charge in [0.1, 0.15) is 0 Å². The van der Waals surface area contributed by atoms with E-state index in [0.717, 1.165) is 24.2 Å². The summed E-state index contributed by atoms with van der Waals surface area (Å²) < 4.78 is 0. The lowest BCUT2D eigenvalue weighted by Gasteiger charge is -2.19. The van der Waals surface area contributed by atoms with Gasteiger partial charge in [0.05, 0.1) is 0 Å². The molecule has 2 aromatic rings. The minimum Gasteiger partial charge on any atom is -0.314 e. The summed E-state index contributed by atoms with van der Waals surface area (Å²) in [4.78, 5) is 14.9. The third kappa shape index (κ3) is 6.40. The van der Waals surface area contributed by atoms with Gasteiger partial charge in [-0.25, -0.2) is 0 Å². The van der Waals surface area contributed by atoms with Gasteiger partial charge in [0.25, 0.3) is 0 Å². The summed E-state index contributed by atoms with van der Waals surface area (Å²) in [6, 6.07) is 18.0. The normalized spacial score (nSPS) is 13.6. The topological polar surface area (TPSA) is 32.3 Å². The Morgan fingerprint density at radius 3 is 2.38 bits per heavy atom. The molecule has 0 aliphatic heterocycles. The predicted molar refractivity (Wildman–Crippen MR) is 110 cm³/mol. The third-order valence-corrected chi connectivity index (χ3v) is 4.77. The second-order valence-electron chi connectivity index (χ2n) is 7.48. The first-order valence-corrected chi connectivity index (χ1v) is 9.55. The summed E-state index contributed by atoms with van der Waals surface area (Å²) in [5.74, 6) is 0.458. The number of hydrogen-bond donors (Lipinski definition) is 1.